The lowest BCUT2D eigenvalue weighted by Crippen LogP contribution is -1.81. The van der Waals surface area contributed by atoms with Gasteiger partial charge in [0.25, 0.3) is 0 Å². The summed E-state index contributed by atoms with van der Waals surface area (Å²) in [4.78, 5) is 0. The smallest absolute Gasteiger partial charge is 0.169 e. The number of fused-ring (bicyclic) bond motifs is 1. The van der Waals surface area contributed by atoms with Crippen LogP contribution in [-0.2, 0) is 0 Å². The minimum atomic E-state index is -0.739. The first-order chi connectivity index (χ1) is 7.43. The number of phenols is 6. The number of phenolic OH excluding ortho intramolecular Hbond substituents is 6. The molecule has 0 fully saturated rings. The maximum Gasteiger partial charge on any atom is 0.169 e. The number of hydrogen-bond acceptors (Lipinski definition) is 6. The van der Waals surface area contributed by atoms with E-state index in [-0.39, 0.29) is 5.39 Å². The van der Waals surface area contributed by atoms with Gasteiger partial charge >= 0.3 is 0 Å². The van der Waals surface area contributed by atoms with Crippen molar-refractivity contribution in [3.05, 3.63) is 12.1 Å². The second-order valence-corrected chi connectivity index (χ2v) is 3.28. The SMILES string of the molecule is Oc1cc(O)c2c(O)cc(O)c(O)c2c1O. The highest BCUT2D eigenvalue weighted by Crippen LogP contribution is 2.50. The molecule has 0 aliphatic carbocycles. The van der Waals surface area contributed by atoms with Crippen LogP contribution in [0.1, 0.15) is 0 Å². The van der Waals surface area contributed by atoms with Crippen molar-refractivity contribution < 1.29 is 30.6 Å². The van der Waals surface area contributed by atoms with E-state index in [1.54, 1.807) is 0 Å². The van der Waals surface area contributed by atoms with Gasteiger partial charge in [0.2, 0.25) is 0 Å². The fraction of sp³-hybridized carbons (Fsp3) is 0. The monoisotopic (exact) mass is 224 g/mol. The molecule has 0 aliphatic rings. The molecule has 6 heteroatoms. The zero-order valence-electron chi connectivity index (χ0n) is 7.84. The molecule has 0 unspecified atom stereocenters. The summed E-state index contributed by atoms with van der Waals surface area (Å²) in [5.41, 5.74) is 0. The molecule has 0 aromatic heterocycles. The van der Waals surface area contributed by atoms with Crippen molar-refractivity contribution in [2.24, 2.45) is 0 Å². The van der Waals surface area contributed by atoms with Crippen molar-refractivity contribution in [3.63, 3.8) is 0 Å². The first-order valence-electron chi connectivity index (χ1n) is 4.25. The van der Waals surface area contributed by atoms with E-state index in [1.165, 1.54) is 0 Å². The van der Waals surface area contributed by atoms with E-state index in [9.17, 15) is 30.6 Å². The minimum absolute atomic E-state index is 0.259. The summed E-state index contributed by atoms with van der Waals surface area (Å²) in [5, 5.41) is 55.6. The van der Waals surface area contributed by atoms with Gasteiger partial charge in [-0.1, -0.05) is 0 Å². The Bertz CT molecular complexity index is 541. The van der Waals surface area contributed by atoms with Gasteiger partial charge in [0, 0.05) is 12.1 Å². The molecular formula is C10H8O6. The maximum absolute atomic E-state index is 9.47. The van der Waals surface area contributed by atoms with Gasteiger partial charge in [-0.25, -0.2) is 0 Å². The Labute approximate surface area is 88.9 Å². The van der Waals surface area contributed by atoms with Crippen LogP contribution in [0.3, 0.4) is 0 Å². The van der Waals surface area contributed by atoms with E-state index in [0.29, 0.717) is 0 Å². The number of rotatable bonds is 0. The zero-order valence-corrected chi connectivity index (χ0v) is 7.84. The molecule has 0 amide bonds. The highest BCUT2D eigenvalue weighted by atomic mass is 16.3. The molecule has 2 rings (SSSR count). The fourth-order valence-corrected chi connectivity index (χ4v) is 1.53. The standard InChI is InChI=1S/C10H8O6/c11-3-1-5(13)9(15)8-7(3)4(12)2-6(14)10(8)16/h1-2,11-16H. The van der Waals surface area contributed by atoms with Crippen molar-refractivity contribution in [3.8, 4) is 34.5 Å². The van der Waals surface area contributed by atoms with Crippen LogP contribution in [-0.4, -0.2) is 30.6 Å². The summed E-state index contributed by atoms with van der Waals surface area (Å²) < 4.78 is 0. The van der Waals surface area contributed by atoms with E-state index < -0.39 is 39.9 Å². The van der Waals surface area contributed by atoms with E-state index in [2.05, 4.69) is 0 Å². The van der Waals surface area contributed by atoms with Gasteiger partial charge < -0.3 is 30.6 Å². The number of aromatic hydroxyl groups is 6. The Morgan fingerprint density at radius 3 is 1.25 bits per heavy atom. The minimum Gasteiger partial charge on any atom is -0.507 e. The third kappa shape index (κ3) is 1.13. The normalized spacial score (nSPS) is 10.8. The molecule has 6 N–H and O–H groups in total. The average molecular weight is 224 g/mol. The molecule has 0 heterocycles. The Balaban J connectivity index is 3.11. The summed E-state index contributed by atoms with van der Waals surface area (Å²) >= 11 is 0. The highest BCUT2D eigenvalue weighted by Gasteiger charge is 2.20. The van der Waals surface area contributed by atoms with Crippen LogP contribution < -0.4 is 0 Å². The summed E-state index contributed by atoms with van der Waals surface area (Å²) in [6.45, 7) is 0. The van der Waals surface area contributed by atoms with Crippen molar-refractivity contribution in [1.29, 1.82) is 0 Å². The Hall–Kier alpha value is -2.50. The van der Waals surface area contributed by atoms with Gasteiger partial charge in [0.15, 0.2) is 23.0 Å². The highest BCUT2D eigenvalue weighted by molar-refractivity contribution is 6.04. The van der Waals surface area contributed by atoms with Crippen LogP contribution in [0.5, 0.6) is 34.5 Å². The van der Waals surface area contributed by atoms with Crippen LogP contribution in [0.2, 0.25) is 0 Å². The van der Waals surface area contributed by atoms with Crippen LogP contribution in [0.15, 0.2) is 12.1 Å². The largest absolute Gasteiger partial charge is 0.507 e. The summed E-state index contributed by atoms with van der Waals surface area (Å²) in [6, 6.07) is 1.63. The van der Waals surface area contributed by atoms with E-state index in [1.807, 2.05) is 0 Å². The third-order valence-electron chi connectivity index (χ3n) is 2.27. The second kappa shape index (κ2) is 2.99. The second-order valence-electron chi connectivity index (χ2n) is 3.28. The molecule has 6 nitrogen and oxygen atoms in total. The molecule has 2 aromatic carbocycles. The Kier molecular flexibility index (Phi) is 1.88. The van der Waals surface area contributed by atoms with Crippen molar-refractivity contribution in [2.45, 2.75) is 0 Å². The van der Waals surface area contributed by atoms with Crippen molar-refractivity contribution in [1.82, 2.24) is 0 Å². The number of hydrogen-bond donors (Lipinski definition) is 6. The van der Waals surface area contributed by atoms with Crippen LogP contribution >= 0.6 is 0 Å². The zero-order chi connectivity index (χ0) is 12.0. The summed E-state index contributed by atoms with van der Waals surface area (Å²) in [5.74, 6) is -3.89. The van der Waals surface area contributed by atoms with Gasteiger partial charge in [-0.3, -0.25) is 0 Å². The molecule has 0 bridgehead atoms. The molecule has 0 radical (unpaired) electrons. The summed E-state index contributed by atoms with van der Waals surface area (Å²) in [6.07, 6.45) is 0. The fourth-order valence-electron chi connectivity index (χ4n) is 1.53. The quantitative estimate of drug-likeness (QED) is 0.294. The molecule has 0 spiro atoms. The Morgan fingerprint density at radius 1 is 0.500 bits per heavy atom. The molecule has 0 atom stereocenters. The predicted octanol–water partition coefficient (Wildman–Crippen LogP) is 1.07. The molecule has 84 valence electrons. The lowest BCUT2D eigenvalue weighted by atomic mass is 10.1. The van der Waals surface area contributed by atoms with Crippen LogP contribution in [0, 0.1) is 0 Å². The van der Waals surface area contributed by atoms with Gasteiger partial charge in [0.1, 0.15) is 11.5 Å². The molecule has 16 heavy (non-hydrogen) atoms. The average Bonchev–Trinajstić information content (AvgIpc) is 2.20. The molecule has 0 saturated carbocycles. The molecule has 0 aliphatic heterocycles. The third-order valence-corrected chi connectivity index (χ3v) is 2.27. The van der Waals surface area contributed by atoms with Gasteiger partial charge in [0.05, 0.1) is 10.8 Å². The van der Waals surface area contributed by atoms with Crippen molar-refractivity contribution in [2.75, 3.05) is 0 Å². The van der Waals surface area contributed by atoms with Gasteiger partial charge in [-0.2, -0.15) is 0 Å². The van der Waals surface area contributed by atoms with Gasteiger partial charge in [-0.05, 0) is 0 Å². The topological polar surface area (TPSA) is 121 Å². The first-order valence-corrected chi connectivity index (χ1v) is 4.25. The van der Waals surface area contributed by atoms with E-state index in [0.717, 1.165) is 12.1 Å². The van der Waals surface area contributed by atoms with E-state index in [4.69, 9.17) is 0 Å². The van der Waals surface area contributed by atoms with Gasteiger partial charge in [-0.15, -0.1) is 0 Å². The number of benzene rings is 2. The summed E-state index contributed by atoms with van der Waals surface area (Å²) in [7, 11) is 0. The van der Waals surface area contributed by atoms with Crippen LogP contribution in [0.25, 0.3) is 10.8 Å². The lowest BCUT2D eigenvalue weighted by Gasteiger charge is -2.10. The maximum atomic E-state index is 9.47. The predicted molar refractivity (Wildman–Crippen MR) is 53.9 cm³/mol. The molecule has 0 saturated heterocycles. The molecule has 2 aromatic rings. The first kappa shape index (κ1) is 10.0. The molecular weight excluding hydrogens is 216 g/mol. The lowest BCUT2D eigenvalue weighted by molar-refractivity contribution is 0.387. The van der Waals surface area contributed by atoms with E-state index >= 15 is 0 Å². The van der Waals surface area contributed by atoms with Crippen LogP contribution in [0.4, 0.5) is 0 Å². The Morgan fingerprint density at radius 2 is 0.875 bits per heavy atom. The van der Waals surface area contributed by atoms with Crippen molar-refractivity contribution >= 4 is 10.8 Å².